The lowest BCUT2D eigenvalue weighted by molar-refractivity contribution is 0.109. The molecular weight excluding hydrogens is 413 g/mol. The summed E-state index contributed by atoms with van der Waals surface area (Å²) in [5.74, 6) is 0.497. The van der Waals surface area contributed by atoms with E-state index in [0.29, 0.717) is 12.0 Å². The van der Waals surface area contributed by atoms with Gasteiger partial charge in [-0.05, 0) is 37.6 Å². The summed E-state index contributed by atoms with van der Waals surface area (Å²) in [5, 5.41) is 3.19. The van der Waals surface area contributed by atoms with E-state index in [2.05, 4.69) is 53.0 Å². The fourth-order valence-electron chi connectivity index (χ4n) is 2.92. The highest BCUT2D eigenvalue weighted by atomic mass is 127. The van der Waals surface area contributed by atoms with E-state index in [1.54, 1.807) is 0 Å². The highest BCUT2D eigenvalue weighted by molar-refractivity contribution is 14.0. The van der Waals surface area contributed by atoms with Crippen molar-refractivity contribution in [2.75, 3.05) is 44.6 Å². The normalized spacial score (nSPS) is 18.0. The van der Waals surface area contributed by atoms with Gasteiger partial charge in [-0.15, -0.1) is 24.0 Å². The molecule has 3 N–H and O–H groups in total. The summed E-state index contributed by atoms with van der Waals surface area (Å²) >= 11 is 0. The fourth-order valence-corrected chi connectivity index (χ4v) is 2.92. The average molecular weight is 445 g/mol. The SMILES string of the molecule is CCc1cccc(NC(N)=NCC(C)N2CCN(CC)CC2)c1.I. The van der Waals surface area contributed by atoms with Crippen LogP contribution in [0.15, 0.2) is 29.3 Å². The molecule has 1 saturated heterocycles. The quantitative estimate of drug-likeness (QED) is 0.402. The number of aryl methyl sites for hydroxylation is 1. The first-order valence-corrected chi connectivity index (χ1v) is 8.74. The lowest BCUT2D eigenvalue weighted by atomic mass is 10.1. The molecule has 0 saturated carbocycles. The van der Waals surface area contributed by atoms with Crippen LogP contribution in [0.1, 0.15) is 26.3 Å². The molecule has 1 unspecified atom stereocenters. The predicted molar refractivity (Wildman–Crippen MR) is 114 cm³/mol. The van der Waals surface area contributed by atoms with Crippen LogP contribution in [0.2, 0.25) is 0 Å². The van der Waals surface area contributed by atoms with Gasteiger partial charge in [-0.25, -0.2) is 0 Å². The molecule has 0 amide bonds. The van der Waals surface area contributed by atoms with E-state index in [4.69, 9.17) is 5.73 Å². The molecule has 2 rings (SSSR count). The Labute approximate surface area is 163 Å². The smallest absolute Gasteiger partial charge is 0.193 e. The molecule has 24 heavy (non-hydrogen) atoms. The largest absolute Gasteiger partial charge is 0.370 e. The standard InChI is InChI=1S/C18H31N5.HI/c1-4-16-7-6-8-17(13-16)21-18(19)20-14-15(3)23-11-9-22(5-2)10-12-23;/h6-8,13,15H,4-5,9-12,14H2,1-3H3,(H3,19,20,21);1H. The topological polar surface area (TPSA) is 56.9 Å². The van der Waals surface area contributed by atoms with Gasteiger partial charge in [0.05, 0.1) is 6.54 Å². The van der Waals surface area contributed by atoms with Crippen LogP contribution in [-0.4, -0.2) is 61.1 Å². The number of nitrogens with two attached hydrogens (primary N) is 1. The van der Waals surface area contributed by atoms with E-state index < -0.39 is 0 Å². The first-order chi connectivity index (χ1) is 11.1. The molecule has 0 spiro atoms. The molecule has 1 aromatic carbocycles. The van der Waals surface area contributed by atoms with Crippen LogP contribution in [0.5, 0.6) is 0 Å². The van der Waals surface area contributed by atoms with Gasteiger partial charge in [-0.1, -0.05) is 26.0 Å². The van der Waals surface area contributed by atoms with Crippen molar-refractivity contribution in [2.24, 2.45) is 10.7 Å². The Morgan fingerprint density at radius 3 is 2.58 bits per heavy atom. The predicted octanol–water partition coefficient (Wildman–Crippen LogP) is 2.62. The maximum absolute atomic E-state index is 6.03. The number of guanidine groups is 1. The van der Waals surface area contributed by atoms with Crippen LogP contribution in [0, 0.1) is 0 Å². The van der Waals surface area contributed by atoms with Crippen molar-refractivity contribution >= 4 is 35.6 Å². The molecule has 0 aliphatic carbocycles. The minimum Gasteiger partial charge on any atom is -0.370 e. The lowest BCUT2D eigenvalue weighted by Crippen LogP contribution is -2.50. The Morgan fingerprint density at radius 2 is 1.96 bits per heavy atom. The number of hydrogen-bond donors (Lipinski definition) is 2. The molecule has 1 aliphatic heterocycles. The Kier molecular flexibility index (Phi) is 9.61. The van der Waals surface area contributed by atoms with Crippen molar-refractivity contribution in [2.45, 2.75) is 33.2 Å². The van der Waals surface area contributed by atoms with Crippen LogP contribution in [-0.2, 0) is 6.42 Å². The zero-order valence-corrected chi connectivity index (χ0v) is 17.5. The van der Waals surface area contributed by atoms with E-state index in [0.717, 1.165) is 51.4 Å². The van der Waals surface area contributed by atoms with Crippen LogP contribution < -0.4 is 11.1 Å². The van der Waals surface area contributed by atoms with Crippen LogP contribution >= 0.6 is 24.0 Å². The van der Waals surface area contributed by atoms with Crippen LogP contribution in [0.3, 0.4) is 0 Å². The molecule has 136 valence electrons. The van der Waals surface area contributed by atoms with Gasteiger partial charge in [0.1, 0.15) is 0 Å². The van der Waals surface area contributed by atoms with Gasteiger partial charge in [0.15, 0.2) is 5.96 Å². The molecule has 5 nitrogen and oxygen atoms in total. The summed E-state index contributed by atoms with van der Waals surface area (Å²) in [5.41, 5.74) is 8.34. The Bertz CT molecular complexity index is 512. The second-order valence-electron chi connectivity index (χ2n) is 6.22. The van der Waals surface area contributed by atoms with Gasteiger partial charge >= 0.3 is 0 Å². The van der Waals surface area contributed by atoms with E-state index >= 15 is 0 Å². The number of rotatable bonds is 6. The van der Waals surface area contributed by atoms with E-state index in [1.807, 2.05) is 12.1 Å². The van der Waals surface area contributed by atoms with Gasteiger partial charge in [0.2, 0.25) is 0 Å². The van der Waals surface area contributed by atoms with Crippen molar-refractivity contribution < 1.29 is 0 Å². The van der Waals surface area contributed by atoms with E-state index in [9.17, 15) is 0 Å². The molecular formula is C18H32IN5. The van der Waals surface area contributed by atoms with Crippen molar-refractivity contribution in [1.82, 2.24) is 9.80 Å². The minimum atomic E-state index is 0. The van der Waals surface area contributed by atoms with Crippen molar-refractivity contribution in [3.63, 3.8) is 0 Å². The Morgan fingerprint density at radius 1 is 1.25 bits per heavy atom. The van der Waals surface area contributed by atoms with Crippen LogP contribution in [0.4, 0.5) is 5.69 Å². The third kappa shape index (κ3) is 6.57. The molecule has 0 radical (unpaired) electrons. The number of piperazine rings is 1. The number of nitrogens with zero attached hydrogens (tertiary/aromatic N) is 3. The van der Waals surface area contributed by atoms with Crippen molar-refractivity contribution in [1.29, 1.82) is 0 Å². The third-order valence-electron chi connectivity index (χ3n) is 4.61. The number of halogens is 1. The van der Waals surface area contributed by atoms with Gasteiger partial charge in [0.25, 0.3) is 0 Å². The molecule has 1 atom stereocenters. The zero-order valence-electron chi connectivity index (χ0n) is 15.2. The molecule has 0 bridgehead atoms. The number of hydrogen-bond acceptors (Lipinski definition) is 3. The number of anilines is 1. The summed E-state index contributed by atoms with van der Waals surface area (Å²) < 4.78 is 0. The number of aliphatic imine (C=N–C) groups is 1. The van der Waals surface area contributed by atoms with Crippen molar-refractivity contribution in [3.8, 4) is 0 Å². The van der Waals surface area contributed by atoms with Gasteiger partial charge in [-0.3, -0.25) is 9.89 Å². The fraction of sp³-hybridized carbons (Fsp3) is 0.611. The first-order valence-electron chi connectivity index (χ1n) is 8.74. The number of nitrogens with one attached hydrogen (secondary N) is 1. The van der Waals surface area contributed by atoms with E-state index in [-0.39, 0.29) is 24.0 Å². The monoisotopic (exact) mass is 445 g/mol. The highest BCUT2D eigenvalue weighted by Gasteiger charge is 2.19. The summed E-state index contributed by atoms with van der Waals surface area (Å²) in [6.07, 6.45) is 1.02. The minimum absolute atomic E-state index is 0. The van der Waals surface area contributed by atoms with E-state index in [1.165, 1.54) is 5.56 Å². The molecule has 1 fully saturated rings. The van der Waals surface area contributed by atoms with Gasteiger partial charge in [0, 0.05) is 37.9 Å². The Balaban J connectivity index is 0.00000288. The average Bonchev–Trinajstić information content (AvgIpc) is 2.60. The molecule has 0 aromatic heterocycles. The Hall–Kier alpha value is -0.860. The maximum Gasteiger partial charge on any atom is 0.193 e. The highest BCUT2D eigenvalue weighted by Crippen LogP contribution is 2.11. The second-order valence-corrected chi connectivity index (χ2v) is 6.22. The summed E-state index contributed by atoms with van der Waals surface area (Å²) in [7, 11) is 0. The summed E-state index contributed by atoms with van der Waals surface area (Å²) in [6, 6.07) is 8.74. The molecule has 6 heteroatoms. The molecule has 1 aliphatic rings. The third-order valence-corrected chi connectivity index (χ3v) is 4.61. The zero-order chi connectivity index (χ0) is 16.7. The van der Waals surface area contributed by atoms with Crippen LogP contribution in [0.25, 0.3) is 0 Å². The number of likely N-dealkylation sites (N-methyl/N-ethyl adjacent to an activating group) is 1. The molecule has 1 heterocycles. The number of benzene rings is 1. The van der Waals surface area contributed by atoms with Gasteiger partial charge < -0.3 is 16.0 Å². The first kappa shape index (κ1) is 21.2. The van der Waals surface area contributed by atoms with Crippen molar-refractivity contribution in [3.05, 3.63) is 29.8 Å². The molecule has 1 aromatic rings. The summed E-state index contributed by atoms with van der Waals surface area (Å²) in [4.78, 5) is 9.51. The second kappa shape index (κ2) is 10.9. The lowest BCUT2D eigenvalue weighted by Gasteiger charge is -2.37. The van der Waals surface area contributed by atoms with Gasteiger partial charge in [-0.2, -0.15) is 0 Å². The maximum atomic E-state index is 6.03. The summed E-state index contributed by atoms with van der Waals surface area (Å²) in [6.45, 7) is 13.0.